The molecule has 0 fully saturated rings. The van der Waals surface area contributed by atoms with Crippen LogP contribution in [0.25, 0.3) is 22.3 Å². The number of rotatable bonds is 2. The fourth-order valence-electron chi connectivity index (χ4n) is 2.25. The number of aromatic nitrogens is 2. The van der Waals surface area contributed by atoms with E-state index in [1.54, 1.807) is 6.20 Å². The molecule has 0 aliphatic carbocycles. The highest BCUT2D eigenvalue weighted by Crippen LogP contribution is 2.26. The lowest BCUT2D eigenvalue weighted by molar-refractivity contribution is 0.281. The average Bonchev–Trinajstić information content (AvgIpc) is 2.46. The molecule has 1 heterocycles. The molecule has 3 rings (SSSR count). The first-order valence-corrected chi connectivity index (χ1v) is 7.10. The Morgan fingerprint density at radius 2 is 2.00 bits per heavy atom. The topological polar surface area (TPSA) is 46.0 Å². The molecule has 0 unspecified atom stereocenters. The first kappa shape index (κ1) is 13.2. The number of nitrogens with zero attached hydrogens (tertiary/aromatic N) is 2. The van der Waals surface area contributed by atoms with Crippen molar-refractivity contribution in [2.45, 2.75) is 13.5 Å². The summed E-state index contributed by atoms with van der Waals surface area (Å²) in [4.78, 5) is 9.12. The van der Waals surface area contributed by atoms with E-state index in [1.165, 1.54) is 0 Å². The summed E-state index contributed by atoms with van der Waals surface area (Å²) in [5.41, 5.74) is 5.50. The number of aliphatic hydroxyl groups is 1. The molecule has 0 spiro atoms. The quantitative estimate of drug-likeness (QED) is 0.776. The molecule has 0 saturated heterocycles. The van der Waals surface area contributed by atoms with E-state index in [4.69, 9.17) is 0 Å². The Bertz CT molecular complexity index is 787. The van der Waals surface area contributed by atoms with Crippen LogP contribution >= 0.6 is 15.9 Å². The van der Waals surface area contributed by atoms with Gasteiger partial charge >= 0.3 is 0 Å². The summed E-state index contributed by atoms with van der Waals surface area (Å²) in [5.74, 6) is 0. The summed E-state index contributed by atoms with van der Waals surface area (Å²) in [5, 5.41) is 9.36. The van der Waals surface area contributed by atoms with Gasteiger partial charge < -0.3 is 5.11 Å². The minimum absolute atomic E-state index is 0.0340. The van der Waals surface area contributed by atoms with Gasteiger partial charge in [-0.15, -0.1) is 0 Å². The van der Waals surface area contributed by atoms with E-state index in [-0.39, 0.29) is 6.61 Å². The summed E-state index contributed by atoms with van der Waals surface area (Å²) in [6.07, 6.45) is 1.78. The Morgan fingerprint density at radius 1 is 1.15 bits per heavy atom. The van der Waals surface area contributed by atoms with Crippen molar-refractivity contribution >= 4 is 27.0 Å². The number of halogens is 1. The van der Waals surface area contributed by atoms with E-state index in [2.05, 4.69) is 25.9 Å². The van der Waals surface area contributed by atoms with Gasteiger partial charge in [-0.1, -0.05) is 34.1 Å². The second-order valence-electron chi connectivity index (χ2n) is 4.64. The summed E-state index contributed by atoms with van der Waals surface area (Å²) < 4.78 is 0.984. The minimum atomic E-state index is 0.0340. The summed E-state index contributed by atoms with van der Waals surface area (Å²) in [7, 11) is 0. The number of fused-ring (bicyclic) bond motifs is 1. The van der Waals surface area contributed by atoms with Gasteiger partial charge in [0.2, 0.25) is 0 Å². The van der Waals surface area contributed by atoms with E-state index < -0.39 is 0 Å². The van der Waals surface area contributed by atoms with Gasteiger partial charge in [0.15, 0.2) is 0 Å². The van der Waals surface area contributed by atoms with Gasteiger partial charge in [0.1, 0.15) is 0 Å². The van der Waals surface area contributed by atoms with Crippen LogP contribution in [0, 0.1) is 6.92 Å². The zero-order valence-electron chi connectivity index (χ0n) is 11.0. The standard InChI is InChI=1S/C16H13BrN2O/c1-10-11(9-20)3-2-4-13(10)16-8-18-14-6-5-12(17)7-15(14)19-16/h2-8,20H,9H2,1H3. The van der Waals surface area contributed by atoms with Crippen LogP contribution in [0.15, 0.2) is 47.1 Å². The van der Waals surface area contributed by atoms with Crippen molar-refractivity contribution in [1.29, 1.82) is 0 Å². The van der Waals surface area contributed by atoms with Crippen molar-refractivity contribution < 1.29 is 5.11 Å². The van der Waals surface area contributed by atoms with Crippen molar-refractivity contribution in [3.8, 4) is 11.3 Å². The van der Waals surface area contributed by atoms with Gasteiger partial charge in [-0.25, -0.2) is 4.98 Å². The Morgan fingerprint density at radius 3 is 2.80 bits per heavy atom. The molecule has 0 aliphatic rings. The molecule has 0 amide bonds. The molecule has 3 aromatic rings. The molecular weight excluding hydrogens is 316 g/mol. The zero-order chi connectivity index (χ0) is 14.1. The molecule has 100 valence electrons. The van der Waals surface area contributed by atoms with Crippen LogP contribution in [0.3, 0.4) is 0 Å². The van der Waals surface area contributed by atoms with Crippen molar-refractivity contribution in [3.05, 3.63) is 58.2 Å². The Kier molecular flexibility index (Phi) is 3.51. The molecule has 2 aromatic carbocycles. The maximum absolute atomic E-state index is 9.36. The Hall–Kier alpha value is -1.78. The number of aliphatic hydroxyl groups excluding tert-OH is 1. The minimum Gasteiger partial charge on any atom is -0.392 e. The SMILES string of the molecule is Cc1c(CO)cccc1-c1cnc2ccc(Br)cc2n1. The number of benzene rings is 2. The van der Waals surface area contributed by atoms with Crippen molar-refractivity contribution in [3.63, 3.8) is 0 Å². The van der Waals surface area contributed by atoms with Crippen LogP contribution < -0.4 is 0 Å². The smallest absolute Gasteiger partial charge is 0.0905 e. The maximum atomic E-state index is 9.36. The molecule has 0 aliphatic heterocycles. The molecule has 3 nitrogen and oxygen atoms in total. The fourth-order valence-corrected chi connectivity index (χ4v) is 2.60. The maximum Gasteiger partial charge on any atom is 0.0905 e. The van der Waals surface area contributed by atoms with Gasteiger partial charge in [-0.2, -0.15) is 0 Å². The first-order valence-electron chi connectivity index (χ1n) is 6.31. The highest BCUT2D eigenvalue weighted by Gasteiger charge is 2.08. The van der Waals surface area contributed by atoms with Gasteiger partial charge in [-0.05, 0) is 36.2 Å². The molecule has 0 atom stereocenters. The predicted molar refractivity (Wildman–Crippen MR) is 83.3 cm³/mol. The highest BCUT2D eigenvalue weighted by molar-refractivity contribution is 9.10. The van der Waals surface area contributed by atoms with Crippen LogP contribution in [-0.2, 0) is 6.61 Å². The van der Waals surface area contributed by atoms with E-state index >= 15 is 0 Å². The number of hydrogen-bond acceptors (Lipinski definition) is 3. The monoisotopic (exact) mass is 328 g/mol. The van der Waals surface area contributed by atoms with Crippen LogP contribution in [-0.4, -0.2) is 15.1 Å². The lowest BCUT2D eigenvalue weighted by Gasteiger charge is -2.09. The predicted octanol–water partition coefficient (Wildman–Crippen LogP) is 3.86. The molecular formula is C16H13BrN2O. The van der Waals surface area contributed by atoms with E-state index in [9.17, 15) is 5.11 Å². The van der Waals surface area contributed by atoms with Crippen LogP contribution in [0.5, 0.6) is 0 Å². The van der Waals surface area contributed by atoms with Gasteiger partial charge in [0, 0.05) is 10.0 Å². The average molecular weight is 329 g/mol. The lowest BCUT2D eigenvalue weighted by atomic mass is 10.0. The molecule has 4 heteroatoms. The zero-order valence-corrected chi connectivity index (χ0v) is 12.6. The Labute approximate surface area is 125 Å². The van der Waals surface area contributed by atoms with E-state index in [0.717, 1.165) is 37.9 Å². The van der Waals surface area contributed by atoms with Crippen LogP contribution in [0.2, 0.25) is 0 Å². The van der Waals surface area contributed by atoms with Crippen LogP contribution in [0.1, 0.15) is 11.1 Å². The van der Waals surface area contributed by atoms with Gasteiger partial charge in [-0.3, -0.25) is 4.98 Å². The van der Waals surface area contributed by atoms with Gasteiger partial charge in [0.25, 0.3) is 0 Å². The number of hydrogen-bond donors (Lipinski definition) is 1. The molecule has 1 aromatic heterocycles. The van der Waals surface area contributed by atoms with Crippen molar-refractivity contribution in [2.75, 3.05) is 0 Å². The third kappa shape index (κ3) is 2.32. The van der Waals surface area contributed by atoms with Crippen molar-refractivity contribution in [2.24, 2.45) is 0 Å². The first-order chi connectivity index (χ1) is 9.69. The largest absolute Gasteiger partial charge is 0.392 e. The normalized spacial score (nSPS) is 10.9. The molecule has 1 N–H and O–H groups in total. The van der Waals surface area contributed by atoms with Crippen LogP contribution in [0.4, 0.5) is 0 Å². The molecule has 0 saturated carbocycles. The molecule has 0 radical (unpaired) electrons. The molecule has 20 heavy (non-hydrogen) atoms. The third-order valence-electron chi connectivity index (χ3n) is 3.40. The highest BCUT2D eigenvalue weighted by atomic mass is 79.9. The Balaban J connectivity index is 2.19. The summed E-state index contributed by atoms with van der Waals surface area (Å²) in [6, 6.07) is 11.7. The van der Waals surface area contributed by atoms with Crippen molar-refractivity contribution in [1.82, 2.24) is 9.97 Å². The fraction of sp³-hybridized carbons (Fsp3) is 0.125. The summed E-state index contributed by atoms with van der Waals surface area (Å²) >= 11 is 3.45. The van der Waals surface area contributed by atoms with Gasteiger partial charge in [0.05, 0.1) is 29.5 Å². The second kappa shape index (κ2) is 5.31. The van der Waals surface area contributed by atoms with E-state index in [0.29, 0.717) is 0 Å². The van der Waals surface area contributed by atoms with E-state index in [1.807, 2.05) is 43.3 Å². The summed E-state index contributed by atoms with van der Waals surface area (Å²) in [6.45, 7) is 2.03. The second-order valence-corrected chi connectivity index (χ2v) is 5.55. The molecule has 0 bridgehead atoms. The lowest BCUT2D eigenvalue weighted by Crippen LogP contribution is -1.95. The third-order valence-corrected chi connectivity index (χ3v) is 3.89.